The van der Waals surface area contributed by atoms with Crippen LogP contribution in [0.25, 0.3) is 0 Å². The van der Waals surface area contributed by atoms with E-state index >= 15 is 0 Å². The normalized spacial score (nSPS) is 13.1. The topological polar surface area (TPSA) is 12.0 Å². The Kier molecular flexibility index (Phi) is 4.61. The van der Waals surface area contributed by atoms with E-state index in [0.717, 1.165) is 6.54 Å². The average Bonchev–Trinajstić information content (AvgIpc) is 2.26. The predicted octanol–water partition coefficient (Wildman–Crippen LogP) is 4.68. The molecular weight excluding hydrogens is 218 g/mol. The molecule has 0 heterocycles. The zero-order valence-electron chi connectivity index (χ0n) is 13.1. The molecule has 0 aliphatic carbocycles. The fourth-order valence-corrected chi connectivity index (χ4v) is 1.87. The Morgan fingerprint density at radius 2 is 1.44 bits per heavy atom. The first-order valence-corrected chi connectivity index (χ1v) is 6.97. The summed E-state index contributed by atoms with van der Waals surface area (Å²) in [4.78, 5) is 0. The second-order valence-corrected chi connectivity index (χ2v) is 7.32. The fourth-order valence-electron chi connectivity index (χ4n) is 1.87. The van der Waals surface area contributed by atoms with Crippen LogP contribution in [0.1, 0.15) is 65.5 Å². The highest BCUT2D eigenvalue weighted by atomic mass is 15.0. The zero-order chi connectivity index (χ0) is 14.0. The minimum atomic E-state index is 0.0305. The Bertz CT molecular complexity index is 366. The van der Waals surface area contributed by atoms with Crippen molar-refractivity contribution in [1.82, 2.24) is 5.32 Å². The number of benzene rings is 1. The Morgan fingerprint density at radius 3 is 1.83 bits per heavy atom. The lowest BCUT2D eigenvalue weighted by molar-refractivity contribution is 0.303. The first-order valence-electron chi connectivity index (χ1n) is 6.97. The summed E-state index contributed by atoms with van der Waals surface area (Å²) in [7, 11) is 0. The lowest BCUT2D eigenvalue weighted by Crippen LogP contribution is -2.41. The molecule has 0 saturated heterocycles. The highest BCUT2D eigenvalue weighted by molar-refractivity contribution is 5.29. The Balaban J connectivity index is 2.78. The molecule has 18 heavy (non-hydrogen) atoms. The molecule has 0 unspecified atom stereocenters. The largest absolute Gasteiger partial charge is 0.307 e. The minimum Gasteiger partial charge on any atom is -0.307 e. The smallest absolute Gasteiger partial charge is 0.0377 e. The van der Waals surface area contributed by atoms with Gasteiger partial charge < -0.3 is 5.32 Å². The zero-order valence-corrected chi connectivity index (χ0v) is 13.1. The monoisotopic (exact) mass is 247 g/mol. The van der Waals surface area contributed by atoms with Crippen LogP contribution >= 0.6 is 0 Å². The third-order valence-corrected chi connectivity index (χ3v) is 3.36. The van der Waals surface area contributed by atoms with Gasteiger partial charge >= 0.3 is 0 Å². The minimum absolute atomic E-state index is 0.0305. The van der Waals surface area contributed by atoms with Crippen LogP contribution < -0.4 is 5.32 Å². The van der Waals surface area contributed by atoms with Crippen molar-refractivity contribution in [2.75, 3.05) is 6.54 Å². The molecule has 0 spiro atoms. The standard InChI is InChI=1S/C17H29N/c1-13(2)14-8-10-15(11-9-14)17(6,7)18-12-16(3,4)5/h8-11,13,18H,12H2,1-7H3. The molecule has 1 nitrogen and oxygen atoms in total. The molecule has 0 atom stereocenters. The fraction of sp³-hybridized carbons (Fsp3) is 0.647. The van der Waals surface area contributed by atoms with E-state index in [1.165, 1.54) is 11.1 Å². The summed E-state index contributed by atoms with van der Waals surface area (Å²) in [6, 6.07) is 9.01. The van der Waals surface area contributed by atoms with Gasteiger partial charge in [0.05, 0.1) is 0 Å². The third kappa shape index (κ3) is 4.45. The summed E-state index contributed by atoms with van der Waals surface area (Å²) in [5.41, 5.74) is 3.11. The predicted molar refractivity (Wildman–Crippen MR) is 81.0 cm³/mol. The van der Waals surface area contributed by atoms with E-state index < -0.39 is 0 Å². The second-order valence-electron chi connectivity index (χ2n) is 7.32. The van der Waals surface area contributed by atoms with E-state index in [-0.39, 0.29) is 5.54 Å². The van der Waals surface area contributed by atoms with Gasteiger partial charge in [0.1, 0.15) is 0 Å². The van der Waals surface area contributed by atoms with Gasteiger partial charge in [-0.3, -0.25) is 0 Å². The molecule has 0 saturated carbocycles. The molecule has 1 N–H and O–H groups in total. The Morgan fingerprint density at radius 1 is 0.944 bits per heavy atom. The maximum atomic E-state index is 3.66. The van der Waals surface area contributed by atoms with Crippen LogP contribution in [0.5, 0.6) is 0 Å². The first-order chi connectivity index (χ1) is 8.12. The molecular formula is C17H29N. The van der Waals surface area contributed by atoms with Gasteiger partial charge in [-0.25, -0.2) is 0 Å². The molecule has 0 radical (unpaired) electrons. The van der Waals surface area contributed by atoms with Crippen LogP contribution in [0.15, 0.2) is 24.3 Å². The third-order valence-electron chi connectivity index (χ3n) is 3.36. The van der Waals surface area contributed by atoms with Gasteiger partial charge in [0, 0.05) is 12.1 Å². The van der Waals surface area contributed by atoms with E-state index in [2.05, 4.69) is 78.0 Å². The lowest BCUT2D eigenvalue weighted by Gasteiger charge is -2.31. The highest BCUT2D eigenvalue weighted by Crippen LogP contribution is 2.24. The van der Waals surface area contributed by atoms with Crippen molar-refractivity contribution < 1.29 is 0 Å². The SMILES string of the molecule is CC(C)c1ccc(C(C)(C)NCC(C)(C)C)cc1. The molecule has 0 aliphatic heterocycles. The van der Waals surface area contributed by atoms with Crippen LogP contribution in [0.2, 0.25) is 0 Å². The van der Waals surface area contributed by atoms with E-state index in [1.54, 1.807) is 0 Å². The van der Waals surface area contributed by atoms with Crippen LogP contribution in [0, 0.1) is 5.41 Å². The summed E-state index contributed by atoms with van der Waals surface area (Å²) in [5.74, 6) is 0.602. The van der Waals surface area contributed by atoms with Gasteiger partial charge in [0.25, 0.3) is 0 Å². The maximum Gasteiger partial charge on any atom is 0.0377 e. The van der Waals surface area contributed by atoms with E-state index in [1.807, 2.05) is 0 Å². The van der Waals surface area contributed by atoms with Crippen molar-refractivity contribution in [2.24, 2.45) is 5.41 Å². The van der Waals surface area contributed by atoms with Crippen molar-refractivity contribution in [1.29, 1.82) is 0 Å². The Hall–Kier alpha value is -0.820. The van der Waals surface area contributed by atoms with Gasteiger partial charge in [0.15, 0.2) is 0 Å². The van der Waals surface area contributed by atoms with Crippen LogP contribution in [0.4, 0.5) is 0 Å². The summed E-state index contributed by atoms with van der Waals surface area (Å²) in [6.45, 7) is 16.8. The van der Waals surface area contributed by atoms with Gasteiger partial charge in [0.2, 0.25) is 0 Å². The molecule has 102 valence electrons. The van der Waals surface area contributed by atoms with Gasteiger partial charge in [-0.05, 0) is 36.3 Å². The summed E-state index contributed by atoms with van der Waals surface area (Å²) in [6.07, 6.45) is 0. The van der Waals surface area contributed by atoms with Crippen LogP contribution in [0.3, 0.4) is 0 Å². The van der Waals surface area contributed by atoms with Crippen molar-refractivity contribution in [3.05, 3.63) is 35.4 Å². The van der Waals surface area contributed by atoms with E-state index in [4.69, 9.17) is 0 Å². The highest BCUT2D eigenvalue weighted by Gasteiger charge is 2.22. The molecule has 0 amide bonds. The number of rotatable bonds is 4. The maximum absolute atomic E-state index is 3.66. The van der Waals surface area contributed by atoms with E-state index in [0.29, 0.717) is 11.3 Å². The van der Waals surface area contributed by atoms with Crippen molar-refractivity contribution in [3.63, 3.8) is 0 Å². The summed E-state index contributed by atoms with van der Waals surface area (Å²) in [5, 5.41) is 3.66. The molecule has 0 fully saturated rings. The summed E-state index contributed by atoms with van der Waals surface area (Å²) >= 11 is 0. The molecule has 0 aliphatic rings. The molecule has 1 aromatic rings. The number of hydrogen-bond acceptors (Lipinski definition) is 1. The number of hydrogen-bond donors (Lipinski definition) is 1. The van der Waals surface area contributed by atoms with Crippen LogP contribution in [-0.4, -0.2) is 6.54 Å². The second kappa shape index (κ2) is 5.44. The summed E-state index contributed by atoms with van der Waals surface area (Å²) < 4.78 is 0. The molecule has 0 bridgehead atoms. The van der Waals surface area contributed by atoms with Crippen molar-refractivity contribution >= 4 is 0 Å². The van der Waals surface area contributed by atoms with Crippen molar-refractivity contribution in [2.45, 2.75) is 59.9 Å². The average molecular weight is 247 g/mol. The quantitative estimate of drug-likeness (QED) is 0.814. The first kappa shape index (κ1) is 15.2. The molecule has 0 aromatic heterocycles. The number of nitrogens with one attached hydrogen (secondary N) is 1. The van der Waals surface area contributed by atoms with Gasteiger partial charge in [-0.15, -0.1) is 0 Å². The molecule has 1 heteroatoms. The lowest BCUT2D eigenvalue weighted by atomic mass is 9.89. The molecule has 1 aromatic carbocycles. The van der Waals surface area contributed by atoms with Gasteiger partial charge in [-0.1, -0.05) is 58.9 Å². The van der Waals surface area contributed by atoms with Crippen LogP contribution in [-0.2, 0) is 5.54 Å². The van der Waals surface area contributed by atoms with E-state index in [9.17, 15) is 0 Å². The van der Waals surface area contributed by atoms with Crippen molar-refractivity contribution in [3.8, 4) is 0 Å². The van der Waals surface area contributed by atoms with Gasteiger partial charge in [-0.2, -0.15) is 0 Å². The molecule has 1 rings (SSSR count). The Labute approximate surface area is 113 Å².